The van der Waals surface area contributed by atoms with Gasteiger partial charge in [0.1, 0.15) is 5.82 Å². The molecule has 1 aliphatic carbocycles. The predicted octanol–water partition coefficient (Wildman–Crippen LogP) is 2.02. The van der Waals surface area contributed by atoms with Gasteiger partial charge in [-0.25, -0.2) is 4.98 Å². The molecule has 0 saturated heterocycles. The van der Waals surface area contributed by atoms with Crippen molar-refractivity contribution in [3.63, 3.8) is 0 Å². The van der Waals surface area contributed by atoms with Crippen molar-refractivity contribution in [2.45, 2.75) is 31.6 Å². The number of carboxylic acid groups (broad SMARTS) is 1. The molecule has 0 bridgehead atoms. The highest BCUT2D eigenvalue weighted by Gasteiger charge is 2.32. The van der Waals surface area contributed by atoms with Crippen molar-refractivity contribution >= 4 is 11.8 Å². The average Bonchev–Trinajstić information content (AvgIpc) is 2.29. The normalized spacial score (nSPS) is 25.2. The molecule has 4 heteroatoms. The minimum Gasteiger partial charge on any atom is -0.481 e. The van der Waals surface area contributed by atoms with Gasteiger partial charge in [-0.1, -0.05) is 18.9 Å². The van der Waals surface area contributed by atoms with Crippen LogP contribution in [0.5, 0.6) is 0 Å². The van der Waals surface area contributed by atoms with Gasteiger partial charge in [-0.3, -0.25) is 4.79 Å². The van der Waals surface area contributed by atoms with Crippen LogP contribution in [-0.4, -0.2) is 16.1 Å². The number of rotatable bonds is 2. The Kier molecular flexibility index (Phi) is 3.08. The van der Waals surface area contributed by atoms with Gasteiger partial charge >= 0.3 is 5.97 Å². The minimum absolute atomic E-state index is 0.0277. The number of aliphatic carboxylic acids is 1. The first-order valence-corrected chi connectivity index (χ1v) is 5.63. The second-order valence-electron chi connectivity index (χ2n) is 4.31. The van der Waals surface area contributed by atoms with Crippen LogP contribution in [0.2, 0.25) is 0 Å². The Morgan fingerprint density at radius 1 is 1.44 bits per heavy atom. The Bertz CT molecular complexity index is 392. The maximum Gasteiger partial charge on any atom is 0.307 e. The second kappa shape index (κ2) is 4.51. The number of aromatic nitrogens is 1. The average molecular weight is 220 g/mol. The number of carbonyl (C=O) groups is 1. The molecule has 2 atom stereocenters. The van der Waals surface area contributed by atoms with E-state index in [1.165, 1.54) is 0 Å². The van der Waals surface area contributed by atoms with E-state index < -0.39 is 5.97 Å². The fourth-order valence-corrected chi connectivity index (χ4v) is 2.54. The fraction of sp³-hybridized carbons (Fsp3) is 0.500. The molecule has 1 aliphatic rings. The molecule has 1 aromatic heterocycles. The van der Waals surface area contributed by atoms with E-state index in [0.29, 0.717) is 5.82 Å². The number of hydrogen-bond donors (Lipinski definition) is 2. The SMILES string of the molecule is Nc1ncccc1C1CCCCC1C(=O)O. The first-order chi connectivity index (χ1) is 7.70. The van der Waals surface area contributed by atoms with E-state index in [1.54, 1.807) is 6.20 Å². The van der Waals surface area contributed by atoms with Crippen LogP contribution in [0.4, 0.5) is 5.82 Å². The van der Waals surface area contributed by atoms with Crippen molar-refractivity contribution in [3.05, 3.63) is 23.9 Å². The number of nitrogen functional groups attached to an aromatic ring is 1. The van der Waals surface area contributed by atoms with E-state index >= 15 is 0 Å². The van der Waals surface area contributed by atoms with Crippen LogP contribution in [0.25, 0.3) is 0 Å². The molecule has 0 aliphatic heterocycles. The lowest BCUT2D eigenvalue weighted by Gasteiger charge is -2.29. The zero-order chi connectivity index (χ0) is 11.5. The summed E-state index contributed by atoms with van der Waals surface area (Å²) in [5.41, 5.74) is 6.71. The molecule has 0 radical (unpaired) electrons. The van der Waals surface area contributed by atoms with Crippen LogP contribution < -0.4 is 5.73 Å². The van der Waals surface area contributed by atoms with Crippen LogP contribution in [0.15, 0.2) is 18.3 Å². The van der Waals surface area contributed by atoms with Gasteiger partial charge in [-0.05, 0) is 24.5 Å². The van der Waals surface area contributed by atoms with E-state index in [2.05, 4.69) is 4.98 Å². The molecule has 2 rings (SSSR count). The van der Waals surface area contributed by atoms with Gasteiger partial charge in [0.2, 0.25) is 0 Å². The van der Waals surface area contributed by atoms with Gasteiger partial charge in [0.25, 0.3) is 0 Å². The number of nitrogens with zero attached hydrogens (tertiary/aromatic N) is 1. The molecule has 1 heterocycles. The number of pyridine rings is 1. The summed E-state index contributed by atoms with van der Waals surface area (Å²) in [5, 5.41) is 9.20. The van der Waals surface area contributed by atoms with Crippen molar-refractivity contribution in [3.8, 4) is 0 Å². The van der Waals surface area contributed by atoms with Gasteiger partial charge < -0.3 is 10.8 Å². The summed E-state index contributed by atoms with van der Waals surface area (Å²) in [4.78, 5) is 15.2. The predicted molar refractivity (Wildman–Crippen MR) is 61.0 cm³/mol. The number of nitrogens with two attached hydrogens (primary N) is 1. The summed E-state index contributed by atoms with van der Waals surface area (Å²) in [6.07, 6.45) is 5.34. The molecule has 1 saturated carbocycles. The summed E-state index contributed by atoms with van der Waals surface area (Å²) < 4.78 is 0. The highest BCUT2D eigenvalue weighted by molar-refractivity contribution is 5.72. The molecule has 1 aromatic rings. The molecular formula is C12H16N2O2. The Morgan fingerprint density at radius 3 is 2.88 bits per heavy atom. The van der Waals surface area contributed by atoms with Crippen molar-refractivity contribution in [1.29, 1.82) is 0 Å². The zero-order valence-corrected chi connectivity index (χ0v) is 9.10. The van der Waals surface area contributed by atoms with E-state index in [0.717, 1.165) is 31.2 Å². The van der Waals surface area contributed by atoms with E-state index in [1.807, 2.05) is 12.1 Å². The van der Waals surface area contributed by atoms with Gasteiger partial charge in [0, 0.05) is 12.1 Å². The van der Waals surface area contributed by atoms with Crippen LogP contribution in [0.3, 0.4) is 0 Å². The smallest absolute Gasteiger partial charge is 0.307 e. The van der Waals surface area contributed by atoms with Crippen LogP contribution >= 0.6 is 0 Å². The lowest BCUT2D eigenvalue weighted by molar-refractivity contribution is -0.143. The first-order valence-electron chi connectivity index (χ1n) is 5.63. The topological polar surface area (TPSA) is 76.2 Å². The molecule has 2 unspecified atom stereocenters. The monoisotopic (exact) mass is 220 g/mol. The Balaban J connectivity index is 2.30. The van der Waals surface area contributed by atoms with Gasteiger partial charge in [-0.2, -0.15) is 0 Å². The third-order valence-electron chi connectivity index (χ3n) is 3.35. The number of carboxylic acids is 1. The van der Waals surface area contributed by atoms with Crippen LogP contribution in [0, 0.1) is 5.92 Å². The van der Waals surface area contributed by atoms with E-state index in [9.17, 15) is 9.90 Å². The molecule has 0 spiro atoms. The number of anilines is 1. The Labute approximate surface area is 94.5 Å². The fourth-order valence-electron chi connectivity index (χ4n) is 2.54. The van der Waals surface area contributed by atoms with Crippen molar-refractivity contribution < 1.29 is 9.90 Å². The summed E-state index contributed by atoms with van der Waals surface area (Å²) in [6, 6.07) is 3.72. The molecular weight excluding hydrogens is 204 g/mol. The summed E-state index contributed by atoms with van der Waals surface area (Å²) >= 11 is 0. The lowest BCUT2D eigenvalue weighted by atomic mass is 9.75. The summed E-state index contributed by atoms with van der Waals surface area (Å²) in [5.74, 6) is -0.520. The highest BCUT2D eigenvalue weighted by atomic mass is 16.4. The van der Waals surface area contributed by atoms with Crippen molar-refractivity contribution in [1.82, 2.24) is 4.98 Å². The second-order valence-corrected chi connectivity index (χ2v) is 4.31. The maximum atomic E-state index is 11.2. The van der Waals surface area contributed by atoms with E-state index in [-0.39, 0.29) is 11.8 Å². The summed E-state index contributed by atoms with van der Waals surface area (Å²) in [7, 11) is 0. The first kappa shape index (κ1) is 10.9. The van der Waals surface area contributed by atoms with Crippen LogP contribution in [0.1, 0.15) is 37.2 Å². The molecule has 16 heavy (non-hydrogen) atoms. The molecule has 0 aromatic carbocycles. The Morgan fingerprint density at radius 2 is 2.19 bits per heavy atom. The van der Waals surface area contributed by atoms with Gasteiger partial charge in [-0.15, -0.1) is 0 Å². The molecule has 3 N–H and O–H groups in total. The standard InChI is InChI=1S/C12H16N2O2/c13-11-9(6-3-7-14-11)8-4-1-2-5-10(8)12(15)16/h3,6-8,10H,1-2,4-5H2,(H2,13,14)(H,15,16). The highest BCUT2D eigenvalue weighted by Crippen LogP contribution is 2.39. The molecule has 0 amide bonds. The van der Waals surface area contributed by atoms with Crippen molar-refractivity contribution in [2.75, 3.05) is 5.73 Å². The zero-order valence-electron chi connectivity index (χ0n) is 9.10. The third kappa shape index (κ3) is 2.01. The molecule has 4 nitrogen and oxygen atoms in total. The lowest BCUT2D eigenvalue weighted by Crippen LogP contribution is -2.26. The third-order valence-corrected chi connectivity index (χ3v) is 3.35. The largest absolute Gasteiger partial charge is 0.481 e. The van der Waals surface area contributed by atoms with E-state index in [4.69, 9.17) is 5.73 Å². The van der Waals surface area contributed by atoms with Crippen molar-refractivity contribution in [2.24, 2.45) is 5.92 Å². The number of hydrogen-bond acceptors (Lipinski definition) is 3. The minimum atomic E-state index is -0.715. The molecule has 86 valence electrons. The van der Waals surface area contributed by atoms with Crippen LogP contribution in [-0.2, 0) is 4.79 Å². The maximum absolute atomic E-state index is 11.2. The van der Waals surface area contributed by atoms with Gasteiger partial charge in [0.05, 0.1) is 5.92 Å². The summed E-state index contributed by atoms with van der Waals surface area (Å²) in [6.45, 7) is 0. The van der Waals surface area contributed by atoms with Gasteiger partial charge in [0.15, 0.2) is 0 Å². The Hall–Kier alpha value is -1.58. The molecule has 1 fully saturated rings. The quantitative estimate of drug-likeness (QED) is 0.799.